The van der Waals surface area contributed by atoms with Crippen molar-refractivity contribution in [3.63, 3.8) is 0 Å². The van der Waals surface area contributed by atoms with Gasteiger partial charge in [-0.15, -0.1) is 0 Å². The molecule has 0 aromatic heterocycles. The van der Waals surface area contributed by atoms with Crippen LogP contribution in [-0.2, 0) is 4.74 Å². The molecule has 11 heteroatoms. The summed E-state index contributed by atoms with van der Waals surface area (Å²) in [5.41, 5.74) is 13.0. The van der Waals surface area contributed by atoms with E-state index in [0.717, 1.165) is 32.0 Å². The van der Waals surface area contributed by atoms with Gasteiger partial charge in [-0.1, -0.05) is 0 Å². The molecule has 5 rings (SSSR count). The van der Waals surface area contributed by atoms with Gasteiger partial charge in [0.1, 0.15) is 0 Å². The number of rotatable bonds is 2. The van der Waals surface area contributed by atoms with Crippen molar-refractivity contribution in [2.24, 2.45) is 0 Å². The van der Waals surface area contributed by atoms with E-state index in [1.54, 1.807) is 0 Å². The topological polar surface area (TPSA) is 38.3 Å². The molecule has 3 aliphatic rings. The number of morpholine rings is 1. The second-order valence-corrected chi connectivity index (χ2v) is 12.9. The van der Waals surface area contributed by atoms with Crippen molar-refractivity contribution in [3.05, 3.63) is 112 Å². The maximum atomic E-state index is 9.87. The molecular weight excluding hydrogens is 592 g/mol. The van der Waals surface area contributed by atoms with E-state index in [0.29, 0.717) is 0 Å². The molecule has 2 N–H and O–H groups in total. The second kappa shape index (κ2) is 10.3. The van der Waals surface area contributed by atoms with Gasteiger partial charge in [0.05, 0.1) is 0 Å². The first-order chi connectivity index (χ1) is 17.7. The van der Waals surface area contributed by atoms with Crippen LogP contribution in [0.25, 0.3) is 10.0 Å². The Morgan fingerprint density at radius 1 is 0.737 bits per heavy atom. The number of hydrogen-bond donors (Lipinski definition) is 1. The number of halogens is 6. The number of anilines is 1. The fraction of sp³-hybridized carbons (Fsp3) is 0.148. The summed E-state index contributed by atoms with van der Waals surface area (Å²) in [6.07, 6.45) is 13.7. The molecule has 1 aliphatic carbocycles. The average molecular weight is 617 g/mol. The van der Waals surface area contributed by atoms with E-state index in [2.05, 4.69) is 83.5 Å². The van der Waals surface area contributed by atoms with E-state index in [4.69, 9.17) is 10.5 Å². The molecule has 2 aliphatic heterocycles. The Kier molecular flexibility index (Phi) is 7.65. The van der Waals surface area contributed by atoms with Crippen molar-refractivity contribution in [1.82, 2.24) is 0 Å². The number of nitrogens with zero attached hydrogens (tertiary/aromatic N) is 1. The third-order valence-electron chi connectivity index (χ3n) is 5.62. The monoisotopic (exact) mass is 618 g/mol. The van der Waals surface area contributed by atoms with Crippen molar-refractivity contribution in [1.29, 1.82) is 0 Å². The Morgan fingerprint density at radius 3 is 1.89 bits per heavy atom. The number of benzene rings is 2. The minimum atomic E-state index is -10.7. The zero-order chi connectivity index (χ0) is 27.5. The van der Waals surface area contributed by atoms with Crippen LogP contribution < -0.4 is 5.73 Å². The predicted octanol–water partition coefficient (Wildman–Crippen LogP) is 7.66. The molecule has 0 unspecified atom stereocenters. The zero-order valence-corrected chi connectivity index (χ0v) is 22.7. The fourth-order valence-electron chi connectivity index (χ4n) is 3.89. The van der Waals surface area contributed by atoms with E-state index in [1.165, 1.54) is 36.9 Å². The van der Waals surface area contributed by atoms with Crippen LogP contribution in [0.4, 0.5) is 30.9 Å². The van der Waals surface area contributed by atoms with Crippen LogP contribution in [0, 0.1) is 0 Å². The number of nitrogen functional groups attached to an aromatic ring is 1. The molecule has 1 saturated heterocycles. The molecule has 1 fully saturated rings. The predicted molar refractivity (Wildman–Crippen MR) is 144 cm³/mol. The molecule has 3 nitrogen and oxygen atoms in total. The van der Waals surface area contributed by atoms with E-state index >= 15 is 0 Å². The van der Waals surface area contributed by atoms with Gasteiger partial charge in [-0.25, -0.2) is 0 Å². The summed E-state index contributed by atoms with van der Waals surface area (Å²) < 4.78 is 69.9. The molecule has 38 heavy (non-hydrogen) atoms. The molecule has 0 radical (unpaired) electrons. The fourth-order valence-corrected chi connectivity index (χ4v) is 6.23. The number of allylic oxidation sites excluding steroid dienone is 9. The maximum absolute atomic E-state index is 10.7. The Morgan fingerprint density at radius 2 is 1.32 bits per heavy atom. The summed E-state index contributed by atoms with van der Waals surface area (Å²) in [5.74, 6) is 0. The molecule has 2 heterocycles. The number of nitrogens with two attached hydrogens (primary N) is 1. The Balaban J connectivity index is 0.000000426. The van der Waals surface area contributed by atoms with Gasteiger partial charge in [0.2, 0.25) is 0 Å². The normalized spacial score (nSPS) is 19.6. The van der Waals surface area contributed by atoms with Crippen LogP contribution in [0.15, 0.2) is 101 Å². The van der Waals surface area contributed by atoms with Crippen LogP contribution in [0.2, 0.25) is 0 Å². The third kappa shape index (κ3) is 9.14. The molecule has 2 aromatic carbocycles. The molecular formula is C27H25F6N2OPSe. The van der Waals surface area contributed by atoms with Crippen molar-refractivity contribution < 1.29 is 34.5 Å². The van der Waals surface area contributed by atoms with Crippen molar-refractivity contribution in [2.45, 2.75) is 0 Å². The van der Waals surface area contributed by atoms with Crippen LogP contribution in [-0.4, -0.2) is 51.5 Å². The second-order valence-electron chi connectivity index (χ2n) is 8.67. The van der Waals surface area contributed by atoms with Gasteiger partial charge in [-0.05, 0) is 0 Å². The van der Waals surface area contributed by atoms with Crippen LogP contribution in [0.5, 0.6) is 0 Å². The van der Waals surface area contributed by atoms with Crippen LogP contribution in [0.1, 0.15) is 11.1 Å². The molecule has 0 spiro atoms. The molecule has 0 amide bonds. The van der Waals surface area contributed by atoms with Gasteiger partial charge in [-0.3, -0.25) is 0 Å². The summed E-state index contributed by atoms with van der Waals surface area (Å²) in [7, 11) is -10.7. The minimum absolute atomic E-state index is 0.217. The van der Waals surface area contributed by atoms with Crippen LogP contribution in [0.3, 0.4) is 0 Å². The Bertz CT molecular complexity index is 1350. The van der Waals surface area contributed by atoms with E-state index < -0.39 is 7.81 Å². The molecule has 0 atom stereocenters. The third-order valence-corrected chi connectivity index (χ3v) is 8.03. The van der Waals surface area contributed by atoms with E-state index in [9.17, 15) is 25.2 Å². The number of ether oxygens (including phenoxy) is 1. The first-order valence-corrected chi connectivity index (χ1v) is 15.3. The summed E-state index contributed by atoms with van der Waals surface area (Å²) >= 11 is 0.217. The molecule has 0 bridgehead atoms. The summed E-state index contributed by atoms with van der Waals surface area (Å²) in [6, 6.07) is 18.9. The molecule has 202 valence electrons. The SMILES string of the molecule is F[P-](F)(F)(F)(F)F.Nc1ccc(C2=CC(c3ccccc3)=CC(=C3C=CC(=[N+]4CCOCC4)C=C3)[Se]2)cc1. The Labute approximate surface area is 222 Å². The average Bonchev–Trinajstić information content (AvgIpc) is 2.88. The summed E-state index contributed by atoms with van der Waals surface area (Å²) in [6.45, 7) is 3.53. The number of hydrogen-bond acceptors (Lipinski definition) is 2. The Hall–Kier alpha value is -2.90. The van der Waals surface area contributed by atoms with Gasteiger partial charge in [0.15, 0.2) is 0 Å². The standard InChI is InChI=1S/C27H24N2OSe.F6P/c28-24-10-6-21(7-11-24)26-18-23(20-4-2-1-3-5-20)19-27(31-26)22-8-12-25(13-9-22)29-14-16-30-17-15-29;1-7(2,3,4,5)6/h1-13,18-19,28H,14-17H2;/q;-1/p+1. The summed E-state index contributed by atoms with van der Waals surface area (Å²) in [5, 5.41) is 0. The first kappa shape index (κ1) is 28.1. The van der Waals surface area contributed by atoms with Gasteiger partial charge in [0, 0.05) is 0 Å². The van der Waals surface area contributed by atoms with E-state index in [-0.39, 0.29) is 15.0 Å². The van der Waals surface area contributed by atoms with E-state index in [1.807, 2.05) is 12.1 Å². The van der Waals surface area contributed by atoms with Crippen molar-refractivity contribution in [2.75, 3.05) is 32.0 Å². The quantitative estimate of drug-likeness (QED) is 0.124. The van der Waals surface area contributed by atoms with Crippen LogP contribution >= 0.6 is 7.81 Å². The van der Waals surface area contributed by atoms with Crippen molar-refractivity contribution >= 4 is 44.2 Å². The van der Waals surface area contributed by atoms with Gasteiger partial charge >= 0.3 is 223 Å². The molecule has 0 saturated carbocycles. The zero-order valence-electron chi connectivity index (χ0n) is 20.0. The first-order valence-electron chi connectivity index (χ1n) is 11.6. The summed E-state index contributed by atoms with van der Waals surface area (Å²) in [4.78, 5) is 0. The van der Waals surface area contributed by atoms with Gasteiger partial charge < -0.3 is 0 Å². The van der Waals surface area contributed by atoms with Gasteiger partial charge in [-0.2, -0.15) is 0 Å². The molecule has 2 aromatic rings. The van der Waals surface area contributed by atoms with Crippen molar-refractivity contribution in [3.8, 4) is 0 Å². The van der Waals surface area contributed by atoms with Gasteiger partial charge in [0.25, 0.3) is 0 Å².